The van der Waals surface area contributed by atoms with Gasteiger partial charge in [-0.2, -0.15) is 0 Å². The largest absolute Gasteiger partial charge is 0.467 e. The van der Waals surface area contributed by atoms with Crippen molar-refractivity contribution in [3.8, 4) is 0 Å². The van der Waals surface area contributed by atoms with Crippen LogP contribution in [0.15, 0.2) is 22.8 Å². The zero-order chi connectivity index (χ0) is 16.8. The molecule has 1 saturated heterocycles. The van der Waals surface area contributed by atoms with E-state index in [9.17, 15) is 9.90 Å². The molecule has 1 aliphatic heterocycles. The van der Waals surface area contributed by atoms with Gasteiger partial charge in [0.05, 0.1) is 6.26 Å². The van der Waals surface area contributed by atoms with Crippen molar-refractivity contribution in [2.24, 2.45) is 0 Å². The van der Waals surface area contributed by atoms with E-state index in [2.05, 4.69) is 10.2 Å². The molecule has 0 aromatic carbocycles. The number of nitrogens with one attached hydrogen (secondary N) is 1. The first kappa shape index (κ1) is 17.8. The number of urea groups is 1. The summed E-state index contributed by atoms with van der Waals surface area (Å²) < 4.78 is 5.25. The Kier molecular flexibility index (Phi) is 6.47. The third-order valence-corrected chi connectivity index (χ3v) is 4.38. The van der Waals surface area contributed by atoms with Crippen molar-refractivity contribution in [3.05, 3.63) is 24.2 Å². The highest BCUT2D eigenvalue weighted by Crippen LogP contribution is 2.27. The predicted octanol–water partition coefficient (Wildman–Crippen LogP) is 2.22. The molecule has 2 rings (SSSR count). The summed E-state index contributed by atoms with van der Waals surface area (Å²) in [4.78, 5) is 16.4. The summed E-state index contributed by atoms with van der Waals surface area (Å²) in [5, 5.41) is 13.3. The van der Waals surface area contributed by atoms with E-state index in [1.165, 1.54) is 0 Å². The van der Waals surface area contributed by atoms with Gasteiger partial charge in [-0.15, -0.1) is 0 Å². The molecule has 1 fully saturated rings. The normalized spacial score (nSPS) is 20.7. The molecule has 0 aliphatic carbocycles. The van der Waals surface area contributed by atoms with Gasteiger partial charge < -0.3 is 24.6 Å². The van der Waals surface area contributed by atoms with Crippen LogP contribution >= 0.6 is 0 Å². The SMILES string of the molecule is CC(CCN(C)C)NC(=O)N1CCCC1CC(O)c1ccco1. The number of hydrogen-bond acceptors (Lipinski definition) is 4. The number of carbonyl (C=O) groups is 1. The number of aliphatic hydroxyl groups is 1. The molecule has 0 radical (unpaired) electrons. The average molecular weight is 323 g/mol. The van der Waals surface area contributed by atoms with Gasteiger partial charge in [-0.25, -0.2) is 4.79 Å². The van der Waals surface area contributed by atoms with Gasteiger partial charge in [-0.05, 0) is 59.0 Å². The lowest BCUT2D eigenvalue weighted by molar-refractivity contribution is 0.107. The van der Waals surface area contributed by atoms with Crippen molar-refractivity contribution >= 4 is 6.03 Å². The van der Waals surface area contributed by atoms with E-state index in [0.717, 1.165) is 32.4 Å². The van der Waals surface area contributed by atoms with Crippen LogP contribution in [0.2, 0.25) is 0 Å². The lowest BCUT2D eigenvalue weighted by Crippen LogP contribution is -2.46. The smallest absolute Gasteiger partial charge is 0.317 e. The molecule has 0 bridgehead atoms. The summed E-state index contributed by atoms with van der Waals surface area (Å²) in [5.74, 6) is 0.566. The molecule has 2 amide bonds. The third kappa shape index (κ3) is 5.25. The van der Waals surface area contributed by atoms with E-state index in [1.807, 2.05) is 25.9 Å². The molecular formula is C17H29N3O3. The van der Waals surface area contributed by atoms with Crippen LogP contribution in [0.3, 0.4) is 0 Å². The van der Waals surface area contributed by atoms with Crippen molar-refractivity contribution in [1.29, 1.82) is 0 Å². The van der Waals surface area contributed by atoms with E-state index in [1.54, 1.807) is 18.4 Å². The summed E-state index contributed by atoms with van der Waals surface area (Å²) in [6, 6.07) is 3.72. The van der Waals surface area contributed by atoms with Crippen molar-refractivity contribution < 1.29 is 14.3 Å². The molecule has 6 nitrogen and oxygen atoms in total. The Bertz CT molecular complexity index is 475. The minimum atomic E-state index is -0.658. The van der Waals surface area contributed by atoms with Gasteiger partial charge in [0.1, 0.15) is 11.9 Å². The predicted molar refractivity (Wildman–Crippen MR) is 89.2 cm³/mol. The monoisotopic (exact) mass is 323 g/mol. The Hall–Kier alpha value is -1.53. The van der Waals surface area contributed by atoms with Gasteiger partial charge in [-0.3, -0.25) is 0 Å². The Morgan fingerprint density at radius 1 is 1.57 bits per heavy atom. The fraction of sp³-hybridized carbons (Fsp3) is 0.706. The fourth-order valence-electron chi connectivity index (χ4n) is 3.02. The molecule has 1 aliphatic rings. The number of aliphatic hydroxyl groups excluding tert-OH is 1. The molecule has 6 heteroatoms. The molecular weight excluding hydrogens is 294 g/mol. The highest BCUT2D eigenvalue weighted by atomic mass is 16.4. The number of amides is 2. The molecule has 0 saturated carbocycles. The van der Waals surface area contributed by atoms with Crippen LogP contribution in [0.4, 0.5) is 4.79 Å². The molecule has 2 heterocycles. The molecule has 2 N–H and O–H groups in total. The first-order valence-corrected chi connectivity index (χ1v) is 8.40. The standard InChI is InChI=1S/C17H29N3O3/c1-13(8-10-19(2)3)18-17(22)20-9-4-6-14(20)12-15(21)16-7-5-11-23-16/h5,7,11,13-15,21H,4,6,8-10,12H2,1-3H3,(H,18,22). The van der Waals surface area contributed by atoms with Crippen LogP contribution in [0.1, 0.15) is 44.5 Å². The van der Waals surface area contributed by atoms with E-state index < -0.39 is 6.10 Å². The number of rotatable bonds is 7. The first-order valence-electron chi connectivity index (χ1n) is 8.40. The molecule has 3 unspecified atom stereocenters. The molecule has 1 aromatic heterocycles. The lowest BCUT2D eigenvalue weighted by Gasteiger charge is -2.28. The molecule has 130 valence electrons. The summed E-state index contributed by atoms with van der Waals surface area (Å²) in [5.41, 5.74) is 0. The quantitative estimate of drug-likeness (QED) is 0.807. The first-order chi connectivity index (χ1) is 11.0. The van der Waals surface area contributed by atoms with Crippen LogP contribution in [0.5, 0.6) is 0 Å². The van der Waals surface area contributed by atoms with E-state index in [-0.39, 0.29) is 18.1 Å². The Labute approximate surface area is 138 Å². The second-order valence-corrected chi connectivity index (χ2v) is 6.70. The van der Waals surface area contributed by atoms with Crippen LogP contribution < -0.4 is 5.32 Å². The van der Waals surface area contributed by atoms with E-state index in [4.69, 9.17) is 4.42 Å². The Balaban J connectivity index is 1.84. The minimum Gasteiger partial charge on any atom is -0.467 e. The molecule has 1 aromatic rings. The van der Waals surface area contributed by atoms with Crippen molar-refractivity contribution in [2.75, 3.05) is 27.2 Å². The van der Waals surface area contributed by atoms with Crippen molar-refractivity contribution in [2.45, 2.75) is 50.8 Å². The highest BCUT2D eigenvalue weighted by Gasteiger charge is 2.31. The van der Waals surface area contributed by atoms with E-state index in [0.29, 0.717) is 12.2 Å². The van der Waals surface area contributed by atoms with Gasteiger partial charge in [0.25, 0.3) is 0 Å². The Morgan fingerprint density at radius 2 is 2.35 bits per heavy atom. The van der Waals surface area contributed by atoms with Crippen LogP contribution in [-0.2, 0) is 0 Å². The van der Waals surface area contributed by atoms with Crippen LogP contribution in [0.25, 0.3) is 0 Å². The second kappa shape index (κ2) is 8.36. The van der Waals surface area contributed by atoms with Gasteiger partial charge >= 0.3 is 6.03 Å². The maximum Gasteiger partial charge on any atom is 0.317 e. The summed E-state index contributed by atoms with van der Waals surface area (Å²) >= 11 is 0. The summed E-state index contributed by atoms with van der Waals surface area (Å²) in [7, 11) is 4.06. The topological polar surface area (TPSA) is 69.0 Å². The maximum atomic E-state index is 12.5. The number of nitrogens with zero attached hydrogens (tertiary/aromatic N) is 2. The van der Waals surface area contributed by atoms with Gasteiger partial charge in [-0.1, -0.05) is 0 Å². The zero-order valence-electron chi connectivity index (χ0n) is 14.4. The highest BCUT2D eigenvalue weighted by molar-refractivity contribution is 5.75. The second-order valence-electron chi connectivity index (χ2n) is 6.70. The number of hydrogen-bond donors (Lipinski definition) is 2. The molecule has 3 atom stereocenters. The maximum absolute atomic E-state index is 12.5. The number of furan rings is 1. The van der Waals surface area contributed by atoms with Gasteiger partial charge in [0.2, 0.25) is 0 Å². The number of likely N-dealkylation sites (tertiary alicyclic amines) is 1. The molecule has 23 heavy (non-hydrogen) atoms. The van der Waals surface area contributed by atoms with Crippen LogP contribution in [-0.4, -0.2) is 60.2 Å². The van der Waals surface area contributed by atoms with Crippen molar-refractivity contribution in [1.82, 2.24) is 15.1 Å². The van der Waals surface area contributed by atoms with Crippen molar-refractivity contribution in [3.63, 3.8) is 0 Å². The zero-order valence-corrected chi connectivity index (χ0v) is 14.4. The Morgan fingerprint density at radius 3 is 3.00 bits per heavy atom. The van der Waals surface area contributed by atoms with E-state index >= 15 is 0 Å². The third-order valence-electron chi connectivity index (χ3n) is 4.38. The minimum absolute atomic E-state index is 0.0228. The van der Waals surface area contributed by atoms with Gasteiger partial charge in [0.15, 0.2) is 0 Å². The summed E-state index contributed by atoms with van der Waals surface area (Å²) in [6.45, 7) is 3.73. The van der Waals surface area contributed by atoms with Crippen LogP contribution in [0, 0.1) is 0 Å². The average Bonchev–Trinajstić information content (AvgIpc) is 3.16. The summed E-state index contributed by atoms with van der Waals surface area (Å²) in [6.07, 6.45) is 4.25. The van der Waals surface area contributed by atoms with Gasteiger partial charge in [0, 0.05) is 25.0 Å². The lowest BCUT2D eigenvalue weighted by atomic mass is 10.1. The number of carbonyl (C=O) groups excluding carboxylic acids is 1. The fourth-order valence-corrected chi connectivity index (χ4v) is 3.02. The molecule has 0 spiro atoms.